The van der Waals surface area contributed by atoms with Gasteiger partial charge in [-0.1, -0.05) is 55.8 Å². The van der Waals surface area contributed by atoms with Crippen LogP contribution < -0.4 is 16.0 Å². The number of carbonyl (C=O) groups excluding carboxylic acids is 1. The Kier molecular flexibility index (Phi) is 8.44. The second-order valence-corrected chi connectivity index (χ2v) is 7.90. The molecule has 2 atom stereocenters. The molecule has 0 heterocycles. The topological polar surface area (TPSA) is 61.6 Å². The van der Waals surface area contributed by atoms with Crippen LogP contribution in [-0.4, -0.2) is 42.7 Å². The number of benzene rings is 2. The Morgan fingerprint density at radius 1 is 1.21 bits per heavy atom. The van der Waals surface area contributed by atoms with Gasteiger partial charge in [0.05, 0.1) is 0 Å². The van der Waals surface area contributed by atoms with Crippen LogP contribution in [0.15, 0.2) is 48.5 Å². The molecule has 0 bridgehead atoms. The number of anilines is 1. The number of rotatable bonds is 7. The molecular formula is C22H29ClN4OS. The predicted molar refractivity (Wildman–Crippen MR) is 125 cm³/mol. The molecule has 1 amide bonds. The monoisotopic (exact) mass is 432 g/mol. The van der Waals surface area contributed by atoms with E-state index in [-0.39, 0.29) is 11.8 Å². The molecule has 2 rings (SSSR count). The van der Waals surface area contributed by atoms with E-state index in [1.165, 1.54) is 0 Å². The van der Waals surface area contributed by atoms with Crippen LogP contribution in [-0.2, 0) is 4.79 Å². The first-order valence-corrected chi connectivity index (χ1v) is 10.4. The first-order valence-electron chi connectivity index (χ1n) is 9.65. The lowest BCUT2D eigenvalue weighted by Crippen LogP contribution is -2.55. The Bertz CT molecular complexity index is 846. The lowest BCUT2D eigenvalue weighted by molar-refractivity contribution is -0.119. The number of thiocarbonyl (C=S) groups is 1. The molecule has 7 heteroatoms. The van der Waals surface area contributed by atoms with Crippen LogP contribution in [0.5, 0.6) is 0 Å². The van der Waals surface area contributed by atoms with Gasteiger partial charge >= 0.3 is 0 Å². The highest BCUT2D eigenvalue weighted by atomic mass is 35.5. The predicted octanol–water partition coefficient (Wildman–Crippen LogP) is 3.96. The smallest absolute Gasteiger partial charge is 0.264 e. The van der Waals surface area contributed by atoms with Gasteiger partial charge in [0.2, 0.25) is 0 Å². The van der Waals surface area contributed by atoms with Crippen LogP contribution in [0.2, 0.25) is 5.02 Å². The molecule has 2 aromatic carbocycles. The largest absolute Gasteiger partial charge is 0.352 e. The fourth-order valence-electron chi connectivity index (χ4n) is 3.17. The van der Waals surface area contributed by atoms with Crippen molar-refractivity contribution in [2.75, 3.05) is 25.5 Å². The van der Waals surface area contributed by atoms with E-state index in [1.807, 2.05) is 42.3 Å². The van der Waals surface area contributed by atoms with Crippen LogP contribution in [0.4, 0.5) is 5.69 Å². The maximum atomic E-state index is 13.0. The highest BCUT2D eigenvalue weighted by Gasteiger charge is 2.24. The summed E-state index contributed by atoms with van der Waals surface area (Å²) in [5.41, 5.74) is 8.98. The third-order valence-corrected chi connectivity index (χ3v) is 5.56. The number of halogens is 1. The molecule has 0 spiro atoms. The van der Waals surface area contributed by atoms with Gasteiger partial charge < -0.3 is 20.9 Å². The molecule has 156 valence electrons. The van der Waals surface area contributed by atoms with Crippen LogP contribution in [0, 0.1) is 0 Å². The maximum Gasteiger partial charge on any atom is 0.264 e. The highest BCUT2D eigenvalue weighted by molar-refractivity contribution is 7.80. The van der Waals surface area contributed by atoms with Gasteiger partial charge in [-0.25, -0.2) is 0 Å². The van der Waals surface area contributed by atoms with E-state index in [1.54, 1.807) is 18.0 Å². The van der Waals surface area contributed by atoms with Gasteiger partial charge in [0.25, 0.3) is 5.91 Å². The van der Waals surface area contributed by atoms with Crippen molar-refractivity contribution in [1.29, 1.82) is 0 Å². The summed E-state index contributed by atoms with van der Waals surface area (Å²) in [5.74, 6) is -0.220. The molecule has 0 aliphatic heterocycles. The summed E-state index contributed by atoms with van der Waals surface area (Å²) in [7, 11) is 3.59. The summed E-state index contributed by atoms with van der Waals surface area (Å²) in [6.45, 7) is 4.95. The molecule has 0 saturated heterocycles. The number of hydrogen-bond acceptors (Lipinski definition) is 3. The number of nitrogens with two attached hydrogens (primary N) is 1. The molecule has 0 aliphatic rings. The molecule has 0 radical (unpaired) electrons. The van der Waals surface area contributed by atoms with Gasteiger partial charge in [0, 0.05) is 37.3 Å². The Hall–Kier alpha value is -2.15. The number of nitrogens with zero attached hydrogens (tertiary/aromatic N) is 2. The SMILES string of the molecule is CCCN(C)C(=S)NC(N)C(=O)N(C)c1ccc(Cl)cc1C(C)c1ccccc1. The minimum absolute atomic E-state index is 0.0566. The van der Waals surface area contributed by atoms with Crippen LogP contribution in [0.25, 0.3) is 0 Å². The second kappa shape index (κ2) is 10.6. The molecule has 2 aromatic rings. The number of carbonyl (C=O) groups is 1. The molecule has 2 unspecified atom stereocenters. The molecular weight excluding hydrogens is 404 g/mol. The fraction of sp³-hybridized carbons (Fsp3) is 0.364. The van der Waals surface area contributed by atoms with E-state index in [0.29, 0.717) is 10.1 Å². The van der Waals surface area contributed by atoms with Gasteiger partial charge in [-0.2, -0.15) is 0 Å². The summed E-state index contributed by atoms with van der Waals surface area (Å²) in [5, 5.41) is 4.00. The van der Waals surface area contributed by atoms with E-state index in [9.17, 15) is 4.79 Å². The van der Waals surface area contributed by atoms with Gasteiger partial charge in [0.1, 0.15) is 0 Å². The van der Waals surface area contributed by atoms with Crippen LogP contribution in [0.1, 0.15) is 37.3 Å². The van der Waals surface area contributed by atoms with Crippen molar-refractivity contribution in [3.05, 3.63) is 64.7 Å². The van der Waals surface area contributed by atoms with Crippen molar-refractivity contribution in [3.63, 3.8) is 0 Å². The fourth-order valence-corrected chi connectivity index (χ4v) is 3.57. The van der Waals surface area contributed by atoms with Crippen molar-refractivity contribution in [3.8, 4) is 0 Å². The lowest BCUT2D eigenvalue weighted by Gasteiger charge is -2.28. The number of likely N-dealkylation sites (N-methyl/N-ethyl adjacent to an activating group) is 1. The molecule has 3 N–H and O–H groups in total. The molecule has 0 aromatic heterocycles. The number of nitrogens with one attached hydrogen (secondary N) is 1. The second-order valence-electron chi connectivity index (χ2n) is 7.08. The van der Waals surface area contributed by atoms with Crippen molar-refractivity contribution >= 4 is 40.5 Å². The summed E-state index contributed by atoms with van der Waals surface area (Å²) in [6, 6.07) is 15.6. The molecule has 0 saturated carbocycles. The van der Waals surface area contributed by atoms with E-state index in [0.717, 1.165) is 29.8 Å². The minimum Gasteiger partial charge on any atom is -0.352 e. The Labute approximate surface area is 183 Å². The van der Waals surface area contributed by atoms with Gasteiger partial charge in [-0.3, -0.25) is 4.79 Å². The molecule has 0 aliphatic carbocycles. The third kappa shape index (κ3) is 5.92. The zero-order chi connectivity index (χ0) is 21.6. The van der Waals surface area contributed by atoms with Gasteiger partial charge in [0.15, 0.2) is 11.3 Å². The zero-order valence-corrected chi connectivity index (χ0v) is 18.9. The number of amides is 1. The summed E-state index contributed by atoms with van der Waals surface area (Å²) in [4.78, 5) is 16.4. The molecule has 29 heavy (non-hydrogen) atoms. The standard InChI is InChI=1S/C22H29ClN4OS/c1-5-13-26(3)22(29)25-20(24)21(28)27(4)19-12-11-17(23)14-18(19)15(2)16-9-7-6-8-10-16/h6-12,14-15,20H,5,13,24H2,1-4H3,(H,25,29). The van der Waals surface area contributed by atoms with E-state index in [4.69, 9.17) is 29.6 Å². The summed E-state index contributed by atoms with van der Waals surface area (Å²) in [6.07, 6.45) is 0.00905. The third-order valence-electron chi connectivity index (χ3n) is 4.90. The van der Waals surface area contributed by atoms with E-state index < -0.39 is 6.17 Å². The summed E-state index contributed by atoms with van der Waals surface area (Å²) >= 11 is 11.6. The lowest BCUT2D eigenvalue weighted by atomic mass is 9.91. The van der Waals surface area contributed by atoms with E-state index >= 15 is 0 Å². The quantitative estimate of drug-likeness (QED) is 0.512. The van der Waals surface area contributed by atoms with Crippen molar-refractivity contribution in [1.82, 2.24) is 10.2 Å². The Morgan fingerprint density at radius 2 is 1.86 bits per heavy atom. The summed E-state index contributed by atoms with van der Waals surface area (Å²) < 4.78 is 0. The Balaban J connectivity index is 2.25. The Morgan fingerprint density at radius 3 is 2.48 bits per heavy atom. The van der Waals surface area contributed by atoms with Gasteiger partial charge in [-0.15, -0.1) is 0 Å². The normalized spacial score (nSPS) is 12.8. The average molecular weight is 433 g/mol. The maximum absolute atomic E-state index is 13.0. The van der Waals surface area contributed by atoms with Gasteiger partial charge in [-0.05, 0) is 48.0 Å². The zero-order valence-electron chi connectivity index (χ0n) is 17.4. The molecule has 0 fully saturated rings. The van der Waals surface area contributed by atoms with Crippen LogP contribution >= 0.6 is 23.8 Å². The average Bonchev–Trinajstić information content (AvgIpc) is 2.72. The first-order chi connectivity index (χ1) is 13.8. The molecule has 5 nitrogen and oxygen atoms in total. The first kappa shape index (κ1) is 23.1. The van der Waals surface area contributed by atoms with Crippen LogP contribution in [0.3, 0.4) is 0 Å². The van der Waals surface area contributed by atoms with Crippen molar-refractivity contribution < 1.29 is 4.79 Å². The van der Waals surface area contributed by atoms with E-state index in [2.05, 4.69) is 31.3 Å². The van der Waals surface area contributed by atoms with Crippen molar-refractivity contribution in [2.24, 2.45) is 5.73 Å². The number of hydrogen-bond donors (Lipinski definition) is 2. The highest BCUT2D eigenvalue weighted by Crippen LogP contribution is 2.34. The minimum atomic E-state index is -0.942. The van der Waals surface area contributed by atoms with Crippen molar-refractivity contribution in [2.45, 2.75) is 32.4 Å².